The topological polar surface area (TPSA) is 77.5 Å². The molecule has 1 heterocycles. The Kier molecular flexibility index (Phi) is 7.45. The molecule has 0 fully saturated rings. The SMILES string of the molecule is O=C(Cc1csc(NC(=O)OCc2ccccc2)n1)OC(c1ccccc1)c1ccccc1. The highest BCUT2D eigenvalue weighted by Crippen LogP contribution is 2.26. The van der Waals surface area contributed by atoms with Crippen LogP contribution in [0, 0.1) is 0 Å². The number of nitrogens with one attached hydrogen (secondary N) is 1. The maximum absolute atomic E-state index is 12.7. The van der Waals surface area contributed by atoms with Crippen molar-refractivity contribution in [2.45, 2.75) is 19.1 Å². The molecule has 1 N–H and O–H groups in total. The van der Waals surface area contributed by atoms with Crippen LogP contribution in [0.2, 0.25) is 0 Å². The highest BCUT2D eigenvalue weighted by molar-refractivity contribution is 7.13. The van der Waals surface area contributed by atoms with E-state index >= 15 is 0 Å². The fourth-order valence-electron chi connectivity index (χ4n) is 3.20. The Morgan fingerprint density at radius 3 is 2.03 bits per heavy atom. The normalized spacial score (nSPS) is 10.6. The van der Waals surface area contributed by atoms with Crippen molar-refractivity contribution in [1.29, 1.82) is 0 Å². The lowest BCUT2D eigenvalue weighted by Crippen LogP contribution is -2.15. The molecule has 0 spiro atoms. The van der Waals surface area contributed by atoms with Crippen LogP contribution in [-0.2, 0) is 27.3 Å². The third-order valence-electron chi connectivity index (χ3n) is 4.75. The fraction of sp³-hybridized carbons (Fsp3) is 0.115. The van der Waals surface area contributed by atoms with Crippen LogP contribution < -0.4 is 5.32 Å². The summed E-state index contributed by atoms with van der Waals surface area (Å²) in [5.74, 6) is -0.406. The van der Waals surface area contributed by atoms with Crippen LogP contribution in [-0.4, -0.2) is 17.0 Å². The minimum absolute atomic E-state index is 0.00654. The number of rotatable bonds is 8. The molecular weight excluding hydrogens is 436 g/mol. The number of carbonyl (C=O) groups is 2. The van der Waals surface area contributed by atoms with E-state index in [2.05, 4.69) is 10.3 Å². The molecule has 0 aliphatic carbocycles. The number of nitrogens with zero attached hydrogens (tertiary/aromatic N) is 1. The molecule has 7 heteroatoms. The summed E-state index contributed by atoms with van der Waals surface area (Å²) in [6.07, 6.45) is -1.12. The first kappa shape index (κ1) is 22.2. The van der Waals surface area contributed by atoms with Crippen LogP contribution in [0.1, 0.15) is 28.5 Å². The van der Waals surface area contributed by atoms with Gasteiger partial charge in [-0.3, -0.25) is 10.1 Å². The molecule has 4 aromatic rings. The summed E-state index contributed by atoms with van der Waals surface area (Å²) in [6, 6.07) is 28.6. The fourth-order valence-corrected chi connectivity index (χ4v) is 3.89. The number of hydrogen-bond acceptors (Lipinski definition) is 6. The second-order valence-electron chi connectivity index (χ2n) is 7.20. The van der Waals surface area contributed by atoms with E-state index in [0.717, 1.165) is 16.7 Å². The van der Waals surface area contributed by atoms with Crippen molar-refractivity contribution in [2.75, 3.05) is 5.32 Å². The van der Waals surface area contributed by atoms with Gasteiger partial charge in [-0.1, -0.05) is 91.0 Å². The monoisotopic (exact) mass is 458 g/mol. The summed E-state index contributed by atoms with van der Waals surface area (Å²) >= 11 is 1.22. The van der Waals surface area contributed by atoms with Gasteiger partial charge < -0.3 is 9.47 Å². The molecule has 0 saturated carbocycles. The molecule has 0 aliphatic heterocycles. The number of esters is 1. The third kappa shape index (κ3) is 6.51. The molecular formula is C26H22N2O4S. The number of benzene rings is 3. The Balaban J connectivity index is 1.34. The molecule has 1 aromatic heterocycles. The summed E-state index contributed by atoms with van der Waals surface area (Å²) in [7, 11) is 0. The van der Waals surface area contributed by atoms with Crippen LogP contribution in [0.5, 0.6) is 0 Å². The lowest BCUT2D eigenvalue weighted by atomic mass is 10.0. The predicted molar refractivity (Wildman–Crippen MR) is 127 cm³/mol. The van der Waals surface area contributed by atoms with Gasteiger partial charge in [0.25, 0.3) is 0 Å². The van der Waals surface area contributed by atoms with Gasteiger partial charge in [0.05, 0.1) is 12.1 Å². The Hall–Kier alpha value is -3.97. The van der Waals surface area contributed by atoms with Gasteiger partial charge in [0, 0.05) is 5.38 Å². The molecule has 0 unspecified atom stereocenters. The first-order valence-corrected chi connectivity index (χ1v) is 11.3. The van der Waals surface area contributed by atoms with Crippen molar-refractivity contribution in [3.05, 3.63) is 119 Å². The maximum Gasteiger partial charge on any atom is 0.413 e. The van der Waals surface area contributed by atoms with Gasteiger partial charge in [0.2, 0.25) is 0 Å². The minimum atomic E-state index is -0.601. The number of aromatic nitrogens is 1. The molecule has 0 bridgehead atoms. The molecule has 0 saturated heterocycles. The minimum Gasteiger partial charge on any atom is -0.452 e. The van der Waals surface area contributed by atoms with E-state index in [0.29, 0.717) is 10.8 Å². The Labute approximate surface area is 195 Å². The average molecular weight is 459 g/mol. The number of amides is 1. The van der Waals surface area contributed by atoms with Gasteiger partial charge in [0.1, 0.15) is 6.61 Å². The van der Waals surface area contributed by atoms with E-state index in [-0.39, 0.29) is 13.0 Å². The molecule has 1 amide bonds. The zero-order valence-corrected chi connectivity index (χ0v) is 18.5. The first-order chi connectivity index (χ1) is 16.2. The van der Waals surface area contributed by atoms with Crippen molar-refractivity contribution in [3.8, 4) is 0 Å². The van der Waals surface area contributed by atoms with Crippen LogP contribution >= 0.6 is 11.3 Å². The van der Waals surface area contributed by atoms with E-state index < -0.39 is 18.2 Å². The lowest BCUT2D eigenvalue weighted by Gasteiger charge is -2.18. The second-order valence-corrected chi connectivity index (χ2v) is 8.06. The molecule has 166 valence electrons. The van der Waals surface area contributed by atoms with Crippen LogP contribution in [0.3, 0.4) is 0 Å². The van der Waals surface area contributed by atoms with E-state index in [1.807, 2.05) is 91.0 Å². The van der Waals surface area contributed by atoms with E-state index in [1.165, 1.54) is 11.3 Å². The summed E-state index contributed by atoms with van der Waals surface area (Å²) in [6.45, 7) is 0.164. The second kappa shape index (κ2) is 11.1. The van der Waals surface area contributed by atoms with Gasteiger partial charge in [0.15, 0.2) is 11.2 Å². The van der Waals surface area contributed by atoms with Crippen molar-refractivity contribution < 1.29 is 19.1 Å². The molecule has 6 nitrogen and oxygen atoms in total. The standard InChI is InChI=1S/C26H22N2O4S/c29-23(32-24(20-12-6-2-7-13-20)21-14-8-3-9-15-21)16-22-18-33-25(27-22)28-26(30)31-17-19-10-4-1-5-11-19/h1-15,18,24H,16-17H2,(H,27,28,30). The van der Waals surface area contributed by atoms with Gasteiger partial charge in [-0.05, 0) is 16.7 Å². The van der Waals surface area contributed by atoms with Gasteiger partial charge in [-0.15, -0.1) is 11.3 Å². The number of hydrogen-bond donors (Lipinski definition) is 1. The molecule has 0 radical (unpaired) electrons. The Bertz CT molecular complexity index is 1140. The van der Waals surface area contributed by atoms with Crippen molar-refractivity contribution in [3.63, 3.8) is 0 Å². The van der Waals surface area contributed by atoms with Crippen LogP contribution in [0.15, 0.2) is 96.4 Å². The van der Waals surface area contributed by atoms with Crippen molar-refractivity contribution in [1.82, 2.24) is 4.98 Å². The van der Waals surface area contributed by atoms with Gasteiger partial charge in [-0.2, -0.15) is 0 Å². The number of anilines is 1. The highest BCUT2D eigenvalue weighted by atomic mass is 32.1. The van der Waals surface area contributed by atoms with Crippen molar-refractivity contribution in [2.24, 2.45) is 0 Å². The van der Waals surface area contributed by atoms with E-state index in [9.17, 15) is 9.59 Å². The van der Waals surface area contributed by atoms with Crippen LogP contribution in [0.4, 0.5) is 9.93 Å². The zero-order chi connectivity index (χ0) is 22.9. The quantitative estimate of drug-likeness (QED) is 0.339. The largest absolute Gasteiger partial charge is 0.452 e. The maximum atomic E-state index is 12.7. The molecule has 0 aliphatic rings. The Morgan fingerprint density at radius 2 is 1.42 bits per heavy atom. The summed E-state index contributed by atoms with van der Waals surface area (Å²) in [5.41, 5.74) is 3.18. The molecule has 4 rings (SSSR count). The Morgan fingerprint density at radius 1 is 0.848 bits per heavy atom. The zero-order valence-electron chi connectivity index (χ0n) is 17.7. The lowest BCUT2D eigenvalue weighted by molar-refractivity contribution is -0.146. The highest BCUT2D eigenvalue weighted by Gasteiger charge is 2.20. The summed E-state index contributed by atoms with van der Waals surface area (Å²) < 4.78 is 11.0. The molecule has 0 atom stereocenters. The number of thiazole rings is 1. The van der Waals surface area contributed by atoms with Crippen LogP contribution in [0.25, 0.3) is 0 Å². The van der Waals surface area contributed by atoms with Gasteiger partial charge >= 0.3 is 12.1 Å². The first-order valence-electron chi connectivity index (χ1n) is 10.4. The molecule has 33 heavy (non-hydrogen) atoms. The third-order valence-corrected chi connectivity index (χ3v) is 5.56. The smallest absolute Gasteiger partial charge is 0.413 e. The molecule has 3 aromatic carbocycles. The van der Waals surface area contributed by atoms with Crippen molar-refractivity contribution >= 4 is 28.5 Å². The van der Waals surface area contributed by atoms with E-state index in [4.69, 9.17) is 9.47 Å². The number of ether oxygens (including phenoxy) is 2. The predicted octanol–water partition coefficient (Wildman–Crippen LogP) is 5.77. The summed E-state index contributed by atoms with van der Waals surface area (Å²) in [5, 5.41) is 4.67. The van der Waals surface area contributed by atoms with E-state index in [1.54, 1.807) is 5.38 Å². The number of carbonyl (C=O) groups excluding carboxylic acids is 2. The average Bonchev–Trinajstić information content (AvgIpc) is 3.29. The van der Waals surface area contributed by atoms with Gasteiger partial charge in [-0.25, -0.2) is 9.78 Å². The summed E-state index contributed by atoms with van der Waals surface area (Å²) in [4.78, 5) is 29.0.